The van der Waals surface area contributed by atoms with Gasteiger partial charge >= 0.3 is 0 Å². The first-order valence-corrected chi connectivity index (χ1v) is 22.5. The van der Waals surface area contributed by atoms with Crippen LogP contribution in [0.15, 0.2) is 212 Å². The van der Waals surface area contributed by atoms with Crippen LogP contribution in [0.4, 0.5) is 17.1 Å². The second-order valence-corrected chi connectivity index (χ2v) is 18.3. The molecular weight excluding hydrogens is 759 g/mol. The number of hydrogen-bond donors (Lipinski definition) is 0. The molecular formula is C62H45N. The summed E-state index contributed by atoms with van der Waals surface area (Å²) in [6, 6.07) is 80.0. The van der Waals surface area contributed by atoms with Crippen molar-refractivity contribution in [1.82, 2.24) is 0 Å². The molecule has 10 aromatic rings. The topological polar surface area (TPSA) is 3.24 Å². The summed E-state index contributed by atoms with van der Waals surface area (Å²) in [4.78, 5) is 2.54. The van der Waals surface area contributed by atoms with Crippen LogP contribution < -0.4 is 4.90 Å². The summed E-state index contributed by atoms with van der Waals surface area (Å²) in [5.74, 6) is 0. The third-order valence-electron chi connectivity index (χ3n) is 14.9. The van der Waals surface area contributed by atoms with Gasteiger partial charge in [-0.25, -0.2) is 0 Å². The van der Waals surface area contributed by atoms with Crippen molar-refractivity contribution in [1.29, 1.82) is 0 Å². The van der Waals surface area contributed by atoms with E-state index in [0.717, 1.165) is 29.9 Å². The van der Waals surface area contributed by atoms with Gasteiger partial charge < -0.3 is 4.90 Å². The van der Waals surface area contributed by atoms with E-state index in [-0.39, 0.29) is 10.8 Å². The van der Waals surface area contributed by atoms with Crippen molar-refractivity contribution in [2.75, 3.05) is 4.90 Å². The molecule has 3 aliphatic carbocycles. The van der Waals surface area contributed by atoms with Crippen molar-refractivity contribution in [2.24, 2.45) is 0 Å². The molecule has 63 heavy (non-hydrogen) atoms. The molecule has 1 nitrogen and oxygen atoms in total. The predicted molar refractivity (Wildman–Crippen MR) is 265 cm³/mol. The SMILES string of the molecule is CC1(C)c2ccccc2-c2cccc(-c3cccc(N(c4ccc5c(c4)C4(CCc6ccccc64)c4ccccc4-5)c4ccccc4-c4cccc5c4ccc4ccccc45)c3)c21. The Morgan fingerprint density at radius 1 is 0.381 bits per heavy atom. The van der Waals surface area contributed by atoms with Gasteiger partial charge in [0.1, 0.15) is 0 Å². The molecule has 0 heterocycles. The fourth-order valence-corrected chi connectivity index (χ4v) is 12.2. The second-order valence-electron chi connectivity index (χ2n) is 18.3. The molecule has 13 rings (SSSR count). The minimum Gasteiger partial charge on any atom is -0.310 e. The standard InChI is InChI=1S/C62H45N/c1-61(2)56-29-10-6-22-51(56)54-27-14-24-46(60(54)61)42-18-13-19-43(38-42)63(59-31-12-8-23-53(59)48-26-15-25-47-45-20-5-3-16-40(45)32-34-49(47)48)44-33-35-52-50-21-7-11-30-57(50)62(58(52)39-44)37-36-41-17-4-9-28-55(41)62/h3-35,38-39H,36-37H2,1-2H3. The van der Waals surface area contributed by atoms with Crippen LogP contribution in [0.3, 0.4) is 0 Å². The molecule has 298 valence electrons. The molecule has 1 atom stereocenters. The lowest BCUT2D eigenvalue weighted by Gasteiger charge is -2.32. The molecule has 0 bridgehead atoms. The van der Waals surface area contributed by atoms with E-state index in [9.17, 15) is 0 Å². The molecule has 0 aliphatic heterocycles. The third kappa shape index (κ3) is 5.11. The zero-order chi connectivity index (χ0) is 41.9. The smallest absolute Gasteiger partial charge is 0.0540 e. The van der Waals surface area contributed by atoms with E-state index in [4.69, 9.17) is 0 Å². The van der Waals surface area contributed by atoms with E-state index in [1.807, 2.05) is 0 Å². The highest BCUT2D eigenvalue weighted by Gasteiger charge is 2.48. The fourth-order valence-electron chi connectivity index (χ4n) is 12.2. The summed E-state index contributed by atoms with van der Waals surface area (Å²) in [6.45, 7) is 4.78. The molecule has 1 spiro atoms. The highest BCUT2D eigenvalue weighted by atomic mass is 15.1. The monoisotopic (exact) mass is 803 g/mol. The van der Waals surface area contributed by atoms with Crippen molar-refractivity contribution in [2.45, 2.75) is 37.5 Å². The van der Waals surface area contributed by atoms with E-state index in [0.29, 0.717) is 0 Å². The maximum absolute atomic E-state index is 2.54. The lowest BCUT2D eigenvalue weighted by molar-refractivity contribution is 0.626. The Hall–Kier alpha value is -7.48. The van der Waals surface area contributed by atoms with Gasteiger partial charge in [-0.3, -0.25) is 0 Å². The fraction of sp³-hybridized carbons (Fsp3) is 0.0968. The Balaban J connectivity index is 1.06. The van der Waals surface area contributed by atoms with Crippen molar-refractivity contribution in [3.63, 3.8) is 0 Å². The van der Waals surface area contributed by atoms with Crippen LogP contribution in [0, 0.1) is 0 Å². The molecule has 1 unspecified atom stereocenters. The van der Waals surface area contributed by atoms with E-state index < -0.39 is 0 Å². The zero-order valence-electron chi connectivity index (χ0n) is 35.6. The summed E-state index contributed by atoms with van der Waals surface area (Å²) >= 11 is 0. The third-order valence-corrected chi connectivity index (χ3v) is 14.9. The van der Waals surface area contributed by atoms with Crippen LogP contribution in [-0.4, -0.2) is 0 Å². The van der Waals surface area contributed by atoms with Crippen LogP contribution in [-0.2, 0) is 17.3 Å². The van der Waals surface area contributed by atoms with E-state index >= 15 is 0 Å². The van der Waals surface area contributed by atoms with Crippen molar-refractivity contribution >= 4 is 38.6 Å². The number of fused-ring (bicyclic) bond motifs is 13. The molecule has 0 radical (unpaired) electrons. The summed E-state index contributed by atoms with van der Waals surface area (Å²) in [6.07, 6.45) is 2.13. The Morgan fingerprint density at radius 3 is 1.89 bits per heavy atom. The first-order valence-electron chi connectivity index (χ1n) is 22.5. The van der Waals surface area contributed by atoms with Crippen LogP contribution in [0.1, 0.15) is 53.6 Å². The van der Waals surface area contributed by atoms with Crippen LogP contribution in [0.5, 0.6) is 0 Å². The lowest BCUT2D eigenvalue weighted by atomic mass is 9.73. The molecule has 1 heteroatoms. The molecule has 0 aromatic heterocycles. The summed E-state index contributed by atoms with van der Waals surface area (Å²) in [5, 5.41) is 5.06. The molecule has 0 saturated heterocycles. The van der Waals surface area contributed by atoms with Gasteiger partial charge in [-0.05, 0) is 137 Å². The maximum atomic E-state index is 2.54. The first-order chi connectivity index (χ1) is 31.0. The van der Waals surface area contributed by atoms with Crippen LogP contribution in [0.25, 0.3) is 66.1 Å². The predicted octanol–water partition coefficient (Wildman–Crippen LogP) is 16.4. The molecule has 0 saturated carbocycles. The summed E-state index contributed by atoms with van der Waals surface area (Å²) < 4.78 is 0. The minimum atomic E-state index is -0.201. The number of hydrogen-bond acceptors (Lipinski definition) is 1. The lowest BCUT2D eigenvalue weighted by Crippen LogP contribution is -2.24. The molecule has 3 aliphatic rings. The first kappa shape index (κ1) is 36.2. The van der Waals surface area contributed by atoms with Gasteiger partial charge in [-0.1, -0.05) is 196 Å². The van der Waals surface area contributed by atoms with Crippen molar-refractivity contribution in [3.05, 3.63) is 246 Å². The molecule has 0 amide bonds. The van der Waals surface area contributed by atoms with Crippen LogP contribution >= 0.6 is 0 Å². The number of rotatable bonds is 5. The van der Waals surface area contributed by atoms with Gasteiger partial charge in [-0.2, -0.15) is 0 Å². The van der Waals surface area contributed by atoms with E-state index in [1.54, 1.807) is 0 Å². The number of nitrogens with zero attached hydrogens (tertiary/aromatic N) is 1. The molecule has 0 N–H and O–H groups in total. The molecule has 0 fully saturated rings. The van der Waals surface area contributed by atoms with Crippen molar-refractivity contribution in [3.8, 4) is 44.5 Å². The largest absolute Gasteiger partial charge is 0.310 e. The van der Waals surface area contributed by atoms with Crippen molar-refractivity contribution < 1.29 is 0 Å². The average Bonchev–Trinajstić information content (AvgIpc) is 3.95. The normalized spacial score (nSPS) is 16.2. The van der Waals surface area contributed by atoms with Gasteiger partial charge in [-0.15, -0.1) is 0 Å². The van der Waals surface area contributed by atoms with E-state index in [2.05, 4.69) is 231 Å². The second kappa shape index (κ2) is 13.5. The van der Waals surface area contributed by atoms with Gasteiger partial charge in [0, 0.05) is 27.8 Å². The Labute approximate surface area is 369 Å². The number of benzene rings is 10. The highest BCUT2D eigenvalue weighted by molar-refractivity contribution is 6.13. The van der Waals surface area contributed by atoms with Gasteiger partial charge in [0.25, 0.3) is 0 Å². The Kier molecular flexibility index (Phi) is 7.76. The number of aryl methyl sites for hydroxylation is 1. The van der Waals surface area contributed by atoms with Crippen LogP contribution in [0.2, 0.25) is 0 Å². The quantitative estimate of drug-likeness (QED) is 0.157. The van der Waals surface area contributed by atoms with Gasteiger partial charge in [0.05, 0.1) is 5.69 Å². The van der Waals surface area contributed by atoms with Gasteiger partial charge in [0.2, 0.25) is 0 Å². The molecule has 10 aromatic carbocycles. The van der Waals surface area contributed by atoms with Gasteiger partial charge in [0.15, 0.2) is 0 Å². The van der Waals surface area contributed by atoms with E-state index in [1.165, 1.54) is 99.4 Å². The Bertz CT molecular complexity index is 3510. The number of para-hydroxylation sites is 1. The highest BCUT2D eigenvalue weighted by Crippen LogP contribution is 2.60. The number of anilines is 3. The minimum absolute atomic E-state index is 0.135. The zero-order valence-corrected chi connectivity index (χ0v) is 35.6. The summed E-state index contributed by atoms with van der Waals surface area (Å²) in [5.41, 5.74) is 22.0. The maximum Gasteiger partial charge on any atom is 0.0540 e. The summed E-state index contributed by atoms with van der Waals surface area (Å²) in [7, 11) is 0. The Morgan fingerprint density at radius 2 is 1.00 bits per heavy atom. The average molecular weight is 804 g/mol.